The quantitative estimate of drug-likeness (QED) is 0.719. The first kappa shape index (κ1) is 11.5. The van der Waals surface area contributed by atoms with E-state index in [4.69, 9.17) is 6.42 Å². The first-order chi connectivity index (χ1) is 6.72. The maximum Gasteiger partial charge on any atom is 0.221 e. The molecule has 0 aromatic heterocycles. The van der Waals surface area contributed by atoms with Crippen molar-refractivity contribution in [3.63, 3.8) is 0 Å². The Balaban J connectivity index is 2.22. The average molecular weight is 211 g/mol. The lowest BCUT2D eigenvalue weighted by Gasteiger charge is -2.21. The van der Waals surface area contributed by atoms with E-state index >= 15 is 0 Å². The zero-order chi connectivity index (χ0) is 10.4. The molecule has 1 aliphatic heterocycles. The Morgan fingerprint density at radius 2 is 2.29 bits per heavy atom. The molecule has 0 aromatic carbocycles. The van der Waals surface area contributed by atoms with E-state index in [0.29, 0.717) is 12.3 Å². The van der Waals surface area contributed by atoms with E-state index in [1.165, 1.54) is 24.3 Å². The highest BCUT2D eigenvalue weighted by Gasteiger charge is 2.17. The molecule has 1 heterocycles. The van der Waals surface area contributed by atoms with E-state index < -0.39 is 0 Å². The van der Waals surface area contributed by atoms with Crippen molar-refractivity contribution in [2.75, 3.05) is 11.5 Å². The molecule has 0 aromatic rings. The molecule has 1 saturated heterocycles. The van der Waals surface area contributed by atoms with Gasteiger partial charge in [-0.05, 0) is 37.2 Å². The van der Waals surface area contributed by atoms with Gasteiger partial charge in [-0.25, -0.2) is 0 Å². The molecule has 1 N–H and O–H groups in total. The normalized spacial score (nSPS) is 19.7. The zero-order valence-electron chi connectivity index (χ0n) is 8.58. The van der Waals surface area contributed by atoms with E-state index in [1.54, 1.807) is 0 Å². The molecule has 1 rings (SSSR count). The highest BCUT2D eigenvalue weighted by atomic mass is 32.2. The molecule has 1 fully saturated rings. The van der Waals surface area contributed by atoms with Gasteiger partial charge in [0.15, 0.2) is 0 Å². The van der Waals surface area contributed by atoms with Crippen LogP contribution < -0.4 is 5.32 Å². The van der Waals surface area contributed by atoms with Gasteiger partial charge in [-0.3, -0.25) is 4.79 Å². The Hall–Kier alpha value is -0.620. The summed E-state index contributed by atoms with van der Waals surface area (Å²) in [7, 11) is 0. The molecule has 0 spiro atoms. The lowest BCUT2D eigenvalue weighted by molar-refractivity contribution is -0.122. The number of thioether (sulfide) groups is 1. The number of amides is 1. The summed E-state index contributed by atoms with van der Waals surface area (Å²) in [5.74, 6) is 5.57. The van der Waals surface area contributed by atoms with Gasteiger partial charge in [0, 0.05) is 6.42 Å². The molecule has 1 unspecified atom stereocenters. The number of rotatable bonds is 3. The maximum absolute atomic E-state index is 11.5. The second-order valence-electron chi connectivity index (χ2n) is 3.72. The highest BCUT2D eigenvalue weighted by molar-refractivity contribution is 7.99. The molecule has 14 heavy (non-hydrogen) atoms. The average Bonchev–Trinajstić information content (AvgIpc) is 2.19. The summed E-state index contributed by atoms with van der Waals surface area (Å²) in [5, 5.41) is 2.79. The predicted octanol–water partition coefficient (Wildman–Crippen LogP) is 1.66. The molecular weight excluding hydrogens is 194 g/mol. The van der Waals surface area contributed by atoms with Gasteiger partial charge < -0.3 is 5.32 Å². The molecule has 3 heteroatoms. The number of terminal acetylenes is 1. The largest absolute Gasteiger partial charge is 0.343 e. The third kappa shape index (κ3) is 4.06. The standard InChI is InChI=1S/C11H17NOS/c1-3-9(2)12-11(13)8-10-4-6-14-7-5-10/h1,9-10H,4-8H2,2H3,(H,12,13). The second kappa shape index (κ2) is 5.98. The van der Waals surface area contributed by atoms with Gasteiger partial charge in [0.1, 0.15) is 0 Å². The van der Waals surface area contributed by atoms with Crippen molar-refractivity contribution in [2.24, 2.45) is 5.92 Å². The maximum atomic E-state index is 11.5. The minimum Gasteiger partial charge on any atom is -0.343 e. The molecule has 78 valence electrons. The van der Waals surface area contributed by atoms with E-state index in [0.717, 1.165) is 0 Å². The fraction of sp³-hybridized carbons (Fsp3) is 0.727. The van der Waals surface area contributed by atoms with Crippen LogP contribution in [0.5, 0.6) is 0 Å². The summed E-state index contributed by atoms with van der Waals surface area (Å²) < 4.78 is 0. The van der Waals surface area contributed by atoms with Gasteiger partial charge >= 0.3 is 0 Å². The SMILES string of the molecule is C#CC(C)NC(=O)CC1CCSCC1. The van der Waals surface area contributed by atoms with E-state index in [1.807, 2.05) is 18.7 Å². The lowest BCUT2D eigenvalue weighted by atomic mass is 9.98. The van der Waals surface area contributed by atoms with Crippen LogP contribution in [0.2, 0.25) is 0 Å². The Morgan fingerprint density at radius 1 is 1.64 bits per heavy atom. The molecule has 1 amide bonds. The van der Waals surface area contributed by atoms with Crippen LogP contribution in [0, 0.1) is 18.3 Å². The first-order valence-electron chi connectivity index (χ1n) is 5.05. The van der Waals surface area contributed by atoms with Crippen molar-refractivity contribution in [2.45, 2.75) is 32.2 Å². The summed E-state index contributed by atoms with van der Waals surface area (Å²) in [6, 6.07) is -0.138. The molecule has 0 saturated carbocycles. The van der Waals surface area contributed by atoms with Crippen LogP contribution in [0.4, 0.5) is 0 Å². The van der Waals surface area contributed by atoms with Gasteiger partial charge in [-0.1, -0.05) is 5.92 Å². The molecule has 0 radical (unpaired) electrons. The van der Waals surface area contributed by atoms with Crippen LogP contribution in [0.25, 0.3) is 0 Å². The fourth-order valence-corrected chi connectivity index (χ4v) is 2.76. The third-order valence-electron chi connectivity index (χ3n) is 2.44. The van der Waals surface area contributed by atoms with Crippen molar-refractivity contribution >= 4 is 17.7 Å². The second-order valence-corrected chi connectivity index (χ2v) is 4.94. The van der Waals surface area contributed by atoms with Crippen LogP contribution in [-0.4, -0.2) is 23.5 Å². The number of carbonyl (C=O) groups excluding carboxylic acids is 1. The van der Waals surface area contributed by atoms with Crippen molar-refractivity contribution in [1.29, 1.82) is 0 Å². The van der Waals surface area contributed by atoms with Crippen molar-refractivity contribution in [3.05, 3.63) is 0 Å². The zero-order valence-corrected chi connectivity index (χ0v) is 9.40. The topological polar surface area (TPSA) is 29.1 Å². The molecule has 0 aliphatic carbocycles. The third-order valence-corrected chi connectivity index (χ3v) is 3.49. The Morgan fingerprint density at radius 3 is 2.86 bits per heavy atom. The van der Waals surface area contributed by atoms with Gasteiger partial charge in [-0.15, -0.1) is 6.42 Å². The van der Waals surface area contributed by atoms with Gasteiger partial charge in [0.25, 0.3) is 0 Å². The number of carbonyl (C=O) groups is 1. The minimum atomic E-state index is -0.138. The monoisotopic (exact) mass is 211 g/mol. The fourth-order valence-electron chi connectivity index (χ4n) is 1.55. The highest BCUT2D eigenvalue weighted by Crippen LogP contribution is 2.24. The predicted molar refractivity (Wildman–Crippen MR) is 61.1 cm³/mol. The minimum absolute atomic E-state index is 0.104. The van der Waals surface area contributed by atoms with Gasteiger partial charge in [-0.2, -0.15) is 11.8 Å². The molecule has 0 bridgehead atoms. The summed E-state index contributed by atoms with van der Waals surface area (Å²) >= 11 is 1.98. The molecular formula is C11H17NOS. The van der Waals surface area contributed by atoms with Crippen molar-refractivity contribution in [3.8, 4) is 12.3 Å². The number of nitrogens with one attached hydrogen (secondary N) is 1. The van der Waals surface area contributed by atoms with Crippen molar-refractivity contribution in [1.82, 2.24) is 5.32 Å². The first-order valence-corrected chi connectivity index (χ1v) is 6.21. The van der Waals surface area contributed by atoms with Crippen LogP contribution >= 0.6 is 11.8 Å². The van der Waals surface area contributed by atoms with Gasteiger partial charge in [0.05, 0.1) is 6.04 Å². The van der Waals surface area contributed by atoms with Crippen molar-refractivity contribution < 1.29 is 4.79 Å². The summed E-state index contributed by atoms with van der Waals surface area (Å²) in [6.07, 6.45) is 8.17. The summed E-state index contributed by atoms with van der Waals surface area (Å²) in [5.41, 5.74) is 0. The van der Waals surface area contributed by atoms with Crippen LogP contribution in [0.1, 0.15) is 26.2 Å². The van der Waals surface area contributed by atoms with Crippen LogP contribution in [0.15, 0.2) is 0 Å². The summed E-state index contributed by atoms with van der Waals surface area (Å²) in [4.78, 5) is 11.5. The van der Waals surface area contributed by atoms with E-state index in [-0.39, 0.29) is 11.9 Å². The molecule has 2 nitrogen and oxygen atoms in total. The van der Waals surface area contributed by atoms with Crippen LogP contribution in [0.3, 0.4) is 0 Å². The smallest absolute Gasteiger partial charge is 0.221 e. The Bertz CT molecular complexity index is 228. The number of hydrogen-bond donors (Lipinski definition) is 1. The Kier molecular flexibility index (Phi) is 4.89. The Labute approximate surface area is 90.2 Å². The number of hydrogen-bond acceptors (Lipinski definition) is 2. The molecule has 1 atom stereocenters. The summed E-state index contributed by atoms with van der Waals surface area (Å²) in [6.45, 7) is 1.83. The molecule has 1 aliphatic rings. The van der Waals surface area contributed by atoms with Crippen LogP contribution in [-0.2, 0) is 4.79 Å². The van der Waals surface area contributed by atoms with Gasteiger partial charge in [0.2, 0.25) is 5.91 Å². The van der Waals surface area contributed by atoms with E-state index in [9.17, 15) is 4.79 Å². The lowest BCUT2D eigenvalue weighted by Crippen LogP contribution is -2.33. The van der Waals surface area contributed by atoms with E-state index in [2.05, 4.69) is 11.2 Å².